The lowest BCUT2D eigenvalue weighted by Gasteiger charge is -2.38. The number of hydrogen-bond donors (Lipinski definition) is 0. The molecule has 0 atom stereocenters. The third kappa shape index (κ3) is 3.60. The molecule has 7 nitrogen and oxygen atoms in total. The van der Waals surface area contributed by atoms with Gasteiger partial charge in [0.2, 0.25) is 0 Å². The Morgan fingerprint density at radius 1 is 0.913 bits per heavy atom. The lowest BCUT2D eigenvalue weighted by molar-refractivity contribution is 0.0700. The van der Waals surface area contributed by atoms with Crippen LogP contribution in [0.25, 0.3) is 0 Å². The second-order valence-electron chi connectivity index (χ2n) is 5.60. The van der Waals surface area contributed by atoms with Gasteiger partial charge in [-0.25, -0.2) is 0 Å². The predicted molar refractivity (Wildman–Crippen MR) is 88.1 cm³/mol. The van der Waals surface area contributed by atoms with Gasteiger partial charge in [0.25, 0.3) is 10.2 Å². The highest BCUT2D eigenvalue weighted by molar-refractivity contribution is 7.86. The predicted octanol–water partition coefficient (Wildman–Crippen LogP) is 0.394. The number of hydrogen-bond acceptors (Lipinski definition) is 5. The van der Waals surface area contributed by atoms with E-state index in [9.17, 15) is 8.42 Å². The highest BCUT2D eigenvalue weighted by atomic mass is 32.2. The molecule has 2 heterocycles. The first-order valence-corrected chi connectivity index (χ1v) is 9.23. The number of nitrogens with zero attached hydrogens (tertiary/aromatic N) is 3. The van der Waals surface area contributed by atoms with E-state index in [1.54, 1.807) is 11.4 Å². The van der Waals surface area contributed by atoms with Crippen molar-refractivity contribution in [2.45, 2.75) is 0 Å². The maximum absolute atomic E-state index is 12.6. The summed E-state index contributed by atoms with van der Waals surface area (Å²) in [6, 6.07) is 7.86. The van der Waals surface area contributed by atoms with Gasteiger partial charge in [-0.2, -0.15) is 17.0 Å². The molecule has 0 spiro atoms. The minimum absolute atomic E-state index is 0.445. The van der Waals surface area contributed by atoms with E-state index in [1.807, 2.05) is 24.3 Å². The molecule has 2 aliphatic rings. The van der Waals surface area contributed by atoms with Gasteiger partial charge in [0.05, 0.1) is 20.3 Å². The molecule has 0 unspecified atom stereocenters. The number of benzene rings is 1. The van der Waals surface area contributed by atoms with E-state index in [-0.39, 0.29) is 0 Å². The summed E-state index contributed by atoms with van der Waals surface area (Å²) in [5.41, 5.74) is 1.09. The Balaban J connectivity index is 1.61. The Morgan fingerprint density at radius 3 is 2.04 bits per heavy atom. The van der Waals surface area contributed by atoms with Crippen molar-refractivity contribution >= 4 is 15.9 Å². The average molecular weight is 341 g/mol. The number of anilines is 1. The van der Waals surface area contributed by atoms with Gasteiger partial charge in [-0.05, 0) is 24.3 Å². The van der Waals surface area contributed by atoms with Crippen LogP contribution < -0.4 is 9.64 Å². The first-order valence-electron chi connectivity index (χ1n) is 7.83. The van der Waals surface area contributed by atoms with Crippen molar-refractivity contribution in [1.29, 1.82) is 0 Å². The first-order chi connectivity index (χ1) is 11.1. The quantitative estimate of drug-likeness (QED) is 0.793. The normalized spacial score (nSPS) is 21.3. The highest BCUT2D eigenvalue weighted by Crippen LogP contribution is 2.22. The molecule has 0 amide bonds. The molecular formula is C15H23N3O4S. The molecule has 0 N–H and O–H groups in total. The van der Waals surface area contributed by atoms with Gasteiger partial charge in [0, 0.05) is 45.0 Å². The van der Waals surface area contributed by atoms with Crippen LogP contribution in [0.4, 0.5) is 5.69 Å². The summed E-state index contributed by atoms with van der Waals surface area (Å²) in [6.07, 6.45) is 0. The number of morpholine rings is 1. The Hall–Kier alpha value is -1.35. The third-order valence-corrected chi connectivity index (χ3v) is 6.33. The van der Waals surface area contributed by atoms with E-state index in [1.165, 1.54) is 4.31 Å². The molecule has 2 aliphatic heterocycles. The molecule has 3 rings (SSSR count). The fraction of sp³-hybridized carbons (Fsp3) is 0.600. The van der Waals surface area contributed by atoms with Crippen LogP contribution in [0.1, 0.15) is 0 Å². The monoisotopic (exact) mass is 341 g/mol. The van der Waals surface area contributed by atoms with Crippen molar-refractivity contribution in [2.24, 2.45) is 0 Å². The second-order valence-corrected chi connectivity index (χ2v) is 7.53. The van der Waals surface area contributed by atoms with Gasteiger partial charge in [-0.15, -0.1) is 0 Å². The molecule has 0 radical (unpaired) electrons. The van der Waals surface area contributed by atoms with Crippen LogP contribution in [-0.4, -0.2) is 76.6 Å². The molecule has 0 saturated carbocycles. The van der Waals surface area contributed by atoms with Crippen molar-refractivity contribution in [2.75, 3.05) is 64.5 Å². The SMILES string of the molecule is COc1ccc(N2CCN(S(=O)(=O)N3CCOCC3)CC2)cc1. The topological polar surface area (TPSA) is 62.3 Å². The van der Waals surface area contributed by atoms with Crippen LogP contribution in [0, 0.1) is 0 Å². The first kappa shape index (κ1) is 16.5. The molecule has 1 aromatic carbocycles. The Labute approximate surface area is 137 Å². The van der Waals surface area contributed by atoms with Crippen LogP contribution in [0.2, 0.25) is 0 Å². The molecule has 23 heavy (non-hydrogen) atoms. The molecule has 128 valence electrons. The standard InChI is InChI=1S/C15H23N3O4S/c1-21-15-4-2-14(3-5-15)16-6-8-17(9-7-16)23(19,20)18-10-12-22-13-11-18/h2-5H,6-13H2,1H3. The molecular weight excluding hydrogens is 318 g/mol. The fourth-order valence-corrected chi connectivity index (χ4v) is 4.47. The number of rotatable bonds is 4. The van der Waals surface area contributed by atoms with E-state index < -0.39 is 10.2 Å². The lowest BCUT2D eigenvalue weighted by atomic mass is 10.2. The van der Waals surface area contributed by atoms with Crippen LogP contribution in [0.15, 0.2) is 24.3 Å². The van der Waals surface area contributed by atoms with Gasteiger partial charge in [-0.1, -0.05) is 0 Å². The van der Waals surface area contributed by atoms with Gasteiger partial charge >= 0.3 is 0 Å². The van der Waals surface area contributed by atoms with Crippen LogP contribution >= 0.6 is 0 Å². The van der Waals surface area contributed by atoms with Crippen LogP contribution in [-0.2, 0) is 14.9 Å². The number of piperazine rings is 1. The van der Waals surface area contributed by atoms with Crippen molar-refractivity contribution < 1.29 is 17.9 Å². The molecule has 1 aromatic rings. The smallest absolute Gasteiger partial charge is 0.282 e. The zero-order valence-corrected chi connectivity index (χ0v) is 14.2. The van der Waals surface area contributed by atoms with Crippen molar-refractivity contribution in [3.8, 4) is 5.75 Å². The maximum Gasteiger partial charge on any atom is 0.282 e. The van der Waals surface area contributed by atoms with Crippen molar-refractivity contribution in [1.82, 2.24) is 8.61 Å². The Kier molecular flexibility index (Phi) is 5.05. The minimum Gasteiger partial charge on any atom is -0.497 e. The Bertz CT molecular complexity index is 606. The lowest BCUT2D eigenvalue weighted by Crippen LogP contribution is -2.55. The van der Waals surface area contributed by atoms with E-state index in [0.29, 0.717) is 52.5 Å². The van der Waals surface area contributed by atoms with Crippen LogP contribution in [0.3, 0.4) is 0 Å². The van der Waals surface area contributed by atoms with Crippen molar-refractivity contribution in [3.05, 3.63) is 24.3 Å². The van der Waals surface area contributed by atoms with Gasteiger partial charge in [0.1, 0.15) is 5.75 Å². The summed E-state index contributed by atoms with van der Waals surface area (Å²) in [4.78, 5) is 2.20. The van der Waals surface area contributed by atoms with E-state index in [4.69, 9.17) is 9.47 Å². The summed E-state index contributed by atoms with van der Waals surface area (Å²) >= 11 is 0. The zero-order chi connectivity index (χ0) is 16.3. The zero-order valence-electron chi connectivity index (χ0n) is 13.3. The second kappa shape index (κ2) is 7.04. The summed E-state index contributed by atoms with van der Waals surface area (Å²) < 4.78 is 38.8. The summed E-state index contributed by atoms with van der Waals surface area (Å²) in [6.45, 7) is 4.24. The minimum atomic E-state index is -3.36. The molecule has 0 aliphatic carbocycles. The van der Waals surface area contributed by atoms with Gasteiger partial charge in [0.15, 0.2) is 0 Å². The summed E-state index contributed by atoms with van der Waals surface area (Å²) in [5.74, 6) is 0.822. The Morgan fingerprint density at radius 2 is 1.48 bits per heavy atom. The molecule has 8 heteroatoms. The summed E-state index contributed by atoms with van der Waals surface area (Å²) in [7, 11) is -1.72. The maximum atomic E-state index is 12.6. The number of ether oxygens (including phenoxy) is 2. The van der Waals surface area contributed by atoms with Crippen LogP contribution in [0.5, 0.6) is 5.75 Å². The van der Waals surface area contributed by atoms with E-state index in [0.717, 1.165) is 11.4 Å². The third-order valence-electron chi connectivity index (χ3n) is 4.30. The summed E-state index contributed by atoms with van der Waals surface area (Å²) in [5, 5.41) is 0. The van der Waals surface area contributed by atoms with Gasteiger partial charge < -0.3 is 14.4 Å². The van der Waals surface area contributed by atoms with Crippen molar-refractivity contribution in [3.63, 3.8) is 0 Å². The largest absolute Gasteiger partial charge is 0.497 e. The van der Waals surface area contributed by atoms with Gasteiger partial charge in [-0.3, -0.25) is 0 Å². The average Bonchev–Trinajstić information content (AvgIpc) is 2.63. The molecule has 2 saturated heterocycles. The molecule has 2 fully saturated rings. The van der Waals surface area contributed by atoms with E-state index in [2.05, 4.69) is 4.90 Å². The highest BCUT2D eigenvalue weighted by Gasteiger charge is 2.33. The fourth-order valence-electron chi connectivity index (χ4n) is 2.91. The van der Waals surface area contributed by atoms with E-state index >= 15 is 0 Å². The molecule has 0 bridgehead atoms. The molecule has 0 aromatic heterocycles. The number of methoxy groups -OCH3 is 1.